The highest BCUT2D eigenvalue weighted by Crippen LogP contribution is 2.32. The van der Waals surface area contributed by atoms with Crippen molar-refractivity contribution >= 4 is 40.1 Å². The number of carbonyl (C=O) groups is 3. The normalized spacial score (nSPS) is 15.5. The maximum absolute atomic E-state index is 13.3. The van der Waals surface area contributed by atoms with Gasteiger partial charge in [-0.1, -0.05) is 35.9 Å². The quantitative estimate of drug-likeness (QED) is 0.392. The monoisotopic (exact) mass is 490 g/mol. The Balaban J connectivity index is 1.18. The summed E-state index contributed by atoms with van der Waals surface area (Å²) in [5.74, 6) is 0.00863. The zero-order valence-corrected chi connectivity index (χ0v) is 20.8. The summed E-state index contributed by atoms with van der Waals surface area (Å²) < 4.78 is 0. The van der Waals surface area contributed by atoms with Crippen LogP contribution in [0.3, 0.4) is 0 Å². The number of hydrogen-bond acceptors (Lipinski definition) is 5. The van der Waals surface area contributed by atoms with Crippen LogP contribution >= 0.6 is 0 Å². The van der Waals surface area contributed by atoms with Gasteiger partial charge in [-0.2, -0.15) is 0 Å². The van der Waals surface area contributed by atoms with Crippen LogP contribution in [-0.2, 0) is 0 Å². The lowest BCUT2D eigenvalue weighted by molar-refractivity contribution is 0.0746. The minimum Gasteiger partial charge on any atom is -0.353 e. The second-order valence-electron chi connectivity index (χ2n) is 9.64. The number of benzene rings is 3. The fourth-order valence-corrected chi connectivity index (χ4v) is 5.20. The van der Waals surface area contributed by atoms with Gasteiger partial charge in [-0.15, -0.1) is 0 Å². The van der Waals surface area contributed by atoms with Gasteiger partial charge < -0.3 is 9.80 Å². The molecule has 1 aromatic heterocycles. The van der Waals surface area contributed by atoms with Crippen LogP contribution in [-0.4, -0.2) is 53.8 Å². The first-order valence-corrected chi connectivity index (χ1v) is 12.4. The van der Waals surface area contributed by atoms with E-state index in [9.17, 15) is 14.4 Å². The molecule has 6 rings (SSSR count). The molecule has 0 spiro atoms. The molecular formula is C30H26N4O3. The SMILES string of the molecule is Cc1ccc(N2C(=O)c3ccc(C(=O)N4CCN(c5ccc6ccccc6n5)CC4)cc3C2=O)c(C)c1. The van der Waals surface area contributed by atoms with E-state index in [-0.39, 0.29) is 17.4 Å². The van der Waals surface area contributed by atoms with Crippen molar-refractivity contribution in [2.45, 2.75) is 13.8 Å². The third kappa shape index (κ3) is 3.93. The lowest BCUT2D eigenvalue weighted by atomic mass is 10.0. The van der Waals surface area contributed by atoms with E-state index in [0.717, 1.165) is 27.8 Å². The summed E-state index contributed by atoms with van der Waals surface area (Å²) in [5, 5.41) is 1.10. The Kier molecular flexibility index (Phi) is 5.48. The Morgan fingerprint density at radius 3 is 2.32 bits per heavy atom. The molecule has 3 amide bonds. The molecule has 1 fully saturated rings. The minimum absolute atomic E-state index is 0.140. The van der Waals surface area contributed by atoms with E-state index < -0.39 is 5.91 Å². The molecule has 0 N–H and O–H groups in total. The van der Waals surface area contributed by atoms with Gasteiger partial charge in [0.25, 0.3) is 17.7 Å². The highest BCUT2D eigenvalue weighted by molar-refractivity contribution is 6.35. The number of nitrogens with zero attached hydrogens (tertiary/aromatic N) is 4. The summed E-state index contributed by atoms with van der Waals surface area (Å²) in [6.45, 7) is 6.28. The molecule has 4 aromatic rings. The fraction of sp³-hybridized carbons (Fsp3) is 0.200. The number of imide groups is 1. The molecular weight excluding hydrogens is 464 g/mol. The molecule has 2 aliphatic heterocycles. The van der Waals surface area contributed by atoms with Gasteiger partial charge in [0.15, 0.2) is 0 Å². The second-order valence-corrected chi connectivity index (χ2v) is 9.64. The van der Waals surface area contributed by atoms with E-state index in [0.29, 0.717) is 43.0 Å². The summed E-state index contributed by atoms with van der Waals surface area (Å²) in [5.41, 5.74) is 4.45. The van der Waals surface area contributed by atoms with Crippen LogP contribution < -0.4 is 9.80 Å². The number of aryl methyl sites for hydroxylation is 2. The number of hydrogen-bond donors (Lipinski definition) is 0. The van der Waals surface area contributed by atoms with Crippen molar-refractivity contribution in [3.8, 4) is 0 Å². The third-order valence-corrected chi connectivity index (χ3v) is 7.20. The van der Waals surface area contributed by atoms with Crippen molar-refractivity contribution in [2.24, 2.45) is 0 Å². The summed E-state index contributed by atoms with van der Waals surface area (Å²) in [4.78, 5) is 49.6. The molecule has 0 unspecified atom stereocenters. The van der Waals surface area contributed by atoms with Crippen LogP contribution in [0.4, 0.5) is 11.5 Å². The molecule has 0 bridgehead atoms. The van der Waals surface area contributed by atoms with Crippen molar-refractivity contribution in [1.82, 2.24) is 9.88 Å². The highest BCUT2D eigenvalue weighted by atomic mass is 16.2. The van der Waals surface area contributed by atoms with E-state index in [4.69, 9.17) is 4.98 Å². The predicted molar refractivity (Wildman–Crippen MR) is 143 cm³/mol. The Bertz CT molecular complexity index is 1590. The smallest absolute Gasteiger partial charge is 0.266 e. The number of carbonyl (C=O) groups excluding carboxylic acids is 3. The number of anilines is 2. The molecule has 7 heteroatoms. The average molecular weight is 491 g/mol. The van der Waals surface area contributed by atoms with Gasteiger partial charge in [0.1, 0.15) is 5.82 Å². The number of rotatable bonds is 3. The highest BCUT2D eigenvalue weighted by Gasteiger charge is 2.38. The lowest BCUT2D eigenvalue weighted by Crippen LogP contribution is -2.49. The largest absolute Gasteiger partial charge is 0.353 e. The summed E-state index contributed by atoms with van der Waals surface area (Å²) in [7, 11) is 0. The van der Waals surface area contributed by atoms with Gasteiger partial charge >= 0.3 is 0 Å². The van der Waals surface area contributed by atoms with Crippen molar-refractivity contribution < 1.29 is 14.4 Å². The Labute approximate surface area is 214 Å². The molecule has 3 aromatic carbocycles. The molecule has 0 atom stereocenters. The third-order valence-electron chi connectivity index (χ3n) is 7.20. The minimum atomic E-state index is -0.395. The van der Waals surface area contributed by atoms with Gasteiger partial charge in [0, 0.05) is 37.1 Å². The van der Waals surface area contributed by atoms with Crippen LogP contribution in [0.2, 0.25) is 0 Å². The standard InChI is InChI=1S/C30H26N4O3/c1-19-7-11-26(20(2)17-19)34-29(36)23-10-8-22(18-24(23)30(34)37)28(35)33-15-13-32(14-16-33)27-12-9-21-5-3-4-6-25(21)31-27/h3-12,17-18H,13-16H2,1-2H3. The Morgan fingerprint density at radius 1 is 0.784 bits per heavy atom. The van der Waals surface area contributed by atoms with E-state index in [1.165, 1.54) is 4.90 Å². The van der Waals surface area contributed by atoms with Crippen molar-refractivity contribution in [1.29, 1.82) is 0 Å². The second kappa shape index (κ2) is 8.85. The molecule has 2 aliphatic rings. The van der Waals surface area contributed by atoms with E-state index in [1.54, 1.807) is 29.2 Å². The number of piperazine rings is 1. The fourth-order valence-electron chi connectivity index (χ4n) is 5.20. The lowest BCUT2D eigenvalue weighted by Gasteiger charge is -2.35. The molecule has 0 saturated carbocycles. The predicted octanol–water partition coefficient (Wildman–Crippen LogP) is 4.61. The first kappa shape index (κ1) is 22.9. The molecule has 0 radical (unpaired) electrons. The Hall–Kier alpha value is -4.52. The zero-order chi connectivity index (χ0) is 25.7. The molecule has 3 heterocycles. The van der Waals surface area contributed by atoms with Crippen molar-refractivity contribution in [3.05, 3.63) is 101 Å². The summed E-state index contributed by atoms with van der Waals surface area (Å²) in [6, 6.07) is 22.5. The molecule has 7 nitrogen and oxygen atoms in total. The van der Waals surface area contributed by atoms with E-state index in [1.807, 2.05) is 56.3 Å². The molecule has 1 saturated heterocycles. The van der Waals surface area contributed by atoms with Gasteiger partial charge in [0.05, 0.1) is 22.3 Å². The van der Waals surface area contributed by atoms with Crippen LogP contribution in [0, 0.1) is 13.8 Å². The first-order chi connectivity index (χ1) is 17.9. The average Bonchev–Trinajstić information content (AvgIpc) is 3.17. The molecule has 184 valence electrons. The van der Waals surface area contributed by atoms with E-state index >= 15 is 0 Å². The number of pyridine rings is 1. The van der Waals surface area contributed by atoms with Gasteiger partial charge in [-0.3, -0.25) is 14.4 Å². The summed E-state index contributed by atoms with van der Waals surface area (Å²) in [6.07, 6.45) is 0. The van der Waals surface area contributed by atoms with Crippen LogP contribution in [0.1, 0.15) is 42.2 Å². The summed E-state index contributed by atoms with van der Waals surface area (Å²) >= 11 is 0. The van der Waals surface area contributed by atoms with Crippen LogP contribution in [0.15, 0.2) is 72.8 Å². The number of para-hydroxylation sites is 1. The van der Waals surface area contributed by atoms with Gasteiger partial charge in [-0.05, 0) is 61.9 Å². The first-order valence-electron chi connectivity index (χ1n) is 12.4. The van der Waals surface area contributed by atoms with Gasteiger partial charge in [0.2, 0.25) is 0 Å². The van der Waals surface area contributed by atoms with Crippen molar-refractivity contribution in [3.63, 3.8) is 0 Å². The van der Waals surface area contributed by atoms with Crippen molar-refractivity contribution in [2.75, 3.05) is 36.0 Å². The number of fused-ring (bicyclic) bond motifs is 2. The van der Waals surface area contributed by atoms with Crippen LogP contribution in [0.25, 0.3) is 10.9 Å². The van der Waals surface area contributed by atoms with E-state index in [2.05, 4.69) is 11.0 Å². The van der Waals surface area contributed by atoms with Crippen LogP contribution in [0.5, 0.6) is 0 Å². The topological polar surface area (TPSA) is 73.8 Å². The number of aromatic nitrogens is 1. The maximum atomic E-state index is 13.3. The molecule has 0 aliphatic carbocycles. The molecule has 37 heavy (non-hydrogen) atoms. The maximum Gasteiger partial charge on any atom is 0.266 e. The number of amides is 3. The zero-order valence-electron chi connectivity index (χ0n) is 20.8. The van der Waals surface area contributed by atoms with Gasteiger partial charge in [-0.25, -0.2) is 9.88 Å². The Morgan fingerprint density at radius 2 is 1.54 bits per heavy atom.